The van der Waals surface area contributed by atoms with Crippen LogP contribution in [0.2, 0.25) is 0 Å². The minimum absolute atomic E-state index is 0.127. The Labute approximate surface area is 116 Å². The summed E-state index contributed by atoms with van der Waals surface area (Å²) in [7, 11) is 1.53. The molecule has 0 unspecified atom stereocenters. The molecule has 6 nitrogen and oxygen atoms in total. The van der Waals surface area contributed by atoms with Gasteiger partial charge in [-0.15, -0.1) is 0 Å². The van der Waals surface area contributed by atoms with Crippen LogP contribution in [0.3, 0.4) is 0 Å². The topological polar surface area (TPSA) is 75.7 Å². The third-order valence-corrected chi connectivity index (χ3v) is 3.05. The molecule has 0 aromatic heterocycles. The molecule has 0 atom stereocenters. The Balaban J connectivity index is 2.20. The number of hydrogen-bond donors (Lipinski definition) is 1. The van der Waals surface area contributed by atoms with Gasteiger partial charge >= 0.3 is 6.03 Å². The van der Waals surface area contributed by atoms with Gasteiger partial charge in [0.05, 0.1) is 19.2 Å². The lowest BCUT2D eigenvalue weighted by atomic mass is 10.1. The summed E-state index contributed by atoms with van der Waals surface area (Å²) >= 11 is 0. The quantitative estimate of drug-likeness (QED) is 0.910. The van der Waals surface area contributed by atoms with E-state index in [9.17, 15) is 14.4 Å². The zero-order valence-corrected chi connectivity index (χ0v) is 11.4. The van der Waals surface area contributed by atoms with Crippen LogP contribution in [-0.4, -0.2) is 25.0 Å². The van der Waals surface area contributed by atoms with Gasteiger partial charge in [0.15, 0.2) is 0 Å². The van der Waals surface area contributed by atoms with E-state index in [1.807, 2.05) is 6.92 Å². The van der Waals surface area contributed by atoms with Gasteiger partial charge in [-0.2, -0.15) is 0 Å². The van der Waals surface area contributed by atoms with Crippen LogP contribution >= 0.6 is 0 Å². The average Bonchev–Trinajstić information content (AvgIpc) is 2.73. The molecule has 0 saturated carbocycles. The highest BCUT2D eigenvalue weighted by Crippen LogP contribution is 2.31. The second-order valence-electron chi connectivity index (χ2n) is 4.50. The number of carbonyl (C=O) groups is 3. The van der Waals surface area contributed by atoms with Crippen molar-refractivity contribution >= 4 is 23.5 Å². The monoisotopic (exact) mass is 276 g/mol. The Morgan fingerprint density at radius 1 is 1.40 bits per heavy atom. The van der Waals surface area contributed by atoms with Crippen LogP contribution < -0.4 is 15.0 Å². The Kier molecular flexibility index (Phi) is 4.02. The Morgan fingerprint density at radius 2 is 2.15 bits per heavy atom. The van der Waals surface area contributed by atoms with Gasteiger partial charge in [-0.05, 0) is 30.2 Å². The molecule has 1 aliphatic heterocycles. The largest absolute Gasteiger partial charge is 0.497 e. The molecular weight excluding hydrogens is 260 g/mol. The van der Waals surface area contributed by atoms with Crippen molar-refractivity contribution in [3.63, 3.8) is 0 Å². The SMILES string of the molecule is CCCC(=O)NC(=O)N1C(=O)Cc2cc(OC)ccc21. The molecule has 0 bridgehead atoms. The molecule has 0 aliphatic carbocycles. The second kappa shape index (κ2) is 5.73. The molecule has 0 saturated heterocycles. The lowest BCUT2D eigenvalue weighted by Gasteiger charge is -2.15. The summed E-state index contributed by atoms with van der Waals surface area (Å²) in [6, 6.07) is 4.33. The molecule has 4 amide bonds. The molecule has 20 heavy (non-hydrogen) atoms. The highest BCUT2D eigenvalue weighted by molar-refractivity contribution is 6.21. The lowest BCUT2D eigenvalue weighted by molar-refractivity contribution is -0.120. The summed E-state index contributed by atoms with van der Waals surface area (Å²) in [4.78, 5) is 36.4. The maximum atomic E-state index is 12.0. The first-order chi connectivity index (χ1) is 9.56. The van der Waals surface area contributed by atoms with Gasteiger partial charge < -0.3 is 4.74 Å². The van der Waals surface area contributed by atoms with Gasteiger partial charge in [0, 0.05) is 6.42 Å². The number of ether oxygens (including phenoxy) is 1. The fourth-order valence-electron chi connectivity index (χ4n) is 2.11. The molecule has 1 aromatic carbocycles. The molecule has 6 heteroatoms. The summed E-state index contributed by atoms with van der Waals surface area (Å²) in [6.07, 6.45) is 1.02. The third-order valence-electron chi connectivity index (χ3n) is 3.05. The molecule has 2 rings (SSSR count). The van der Waals surface area contributed by atoms with Crippen molar-refractivity contribution in [1.29, 1.82) is 0 Å². The minimum atomic E-state index is -0.697. The van der Waals surface area contributed by atoms with Crippen LogP contribution in [0.25, 0.3) is 0 Å². The number of urea groups is 1. The van der Waals surface area contributed by atoms with Crippen LogP contribution in [0, 0.1) is 0 Å². The number of fused-ring (bicyclic) bond motifs is 1. The van der Waals surface area contributed by atoms with E-state index in [-0.39, 0.29) is 24.7 Å². The van der Waals surface area contributed by atoms with E-state index >= 15 is 0 Å². The van der Waals surface area contributed by atoms with E-state index in [1.165, 1.54) is 7.11 Å². The van der Waals surface area contributed by atoms with Crippen LogP contribution in [-0.2, 0) is 16.0 Å². The Bertz CT molecular complexity index is 568. The van der Waals surface area contributed by atoms with Crippen molar-refractivity contribution in [2.24, 2.45) is 0 Å². The highest BCUT2D eigenvalue weighted by Gasteiger charge is 2.33. The molecule has 1 aliphatic rings. The number of amides is 4. The normalized spacial score (nSPS) is 13.1. The van der Waals surface area contributed by atoms with Gasteiger partial charge in [0.2, 0.25) is 11.8 Å². The highest BCUT2D eigenvalue weighted by atomic mass is 16.5. The van der Waals surface area contributed by atoms with E-state index in [0.717, 1.165) is 4.90 Å². The maximum absolute atomic E-state index is 12.0. The number of carbonyl (C=O) groups excluding carboxylic acids is 3. The summed E-state index contributed by atoms with van der Waals surface area (Å²) in [5, 5.41) is 2.22. The Hall–Kier alpha value is -2.37. The number of methoxy groups -OCH3 is 1. The van der Waals surface area contributed by atoms with E-state index in [1.54, 1.807) is 18.2 Å². The first-order valence-corrected chi connectivity index (χ1v) is 6.40. The second-order valence-corrected chi connectivity index (χ2v) is 4.50. The predicted octanol–water partition coefficient (Wildman–Crippen LogP) is 1.62. The van der Waals surface area contributed by atoms with E-state index < -0.39 is 6.03 Å². The first-order valence-electron chi connectivity index (χ1n) is 6.40. The average molecular weight is 276 g/mol. The summed E-state index contributed by atoms with van der Waals surface area (Å²) in [5.74, 6) is -0.108. The zero-order chi connectivity index (χ0) is 14.7. The lowest BCUT2D eigenvalue weighted by Crippen LogP contribution is -2.44. The summed E-state index contributed by atoms with van der Waals surface area (Å²) in [5.41, 5.74) is 1.21. The minimum Gasteiger partial charge on any atom is -0.497 e. The number of rotatable bonds is 3. The smallest absolute Gasteiger partial charge is 0.335 e. The zero-order valence-electron chi connectivity index (χ0n) is 11.4. The molecular formula is C14H16N2O4. The van der Waals surface area contributed by atoms with Gasteiger partial charge in [-0.1, -0.05) is 6.92 Å². The van der Waals surface area contributed by atoms with E-state index in [0.29, 0.717) is 23.4 Å². The van der Waals surface area contributed by atoms with E-state index in [2.05, 4.69) is 5.32 Å². The number of imide groups is 2. The van der Waals surface area contributed by atoms with E-state index in [4.69, 9.17) is 4.74 Å². The third kappa shape index (κ3) is 2.64. The Morgan fingerprint density at radius 3 is 2.80 bits per heavy atom. The van der Waals surface area contributed by atoms with Crippen LogP contribution in [0.4, 0.5) is 10.5 Å². The van der Waals surface area contributed by atoms with Crippen molar-refractivity contribution in [3.8, 4) is 5.75 Å². The van der Waals surface area contributed by atoms with Gasteiger partial charge in [0.1, 0.15) is 5.75 Å². The van der Waals surface area contributed by atoms with Gasteiger partial charge in [-0.25, -0.2) is 9.69 Å². The predicted molar refractivity (Wildman–Crippen MR) is 72.6 cm³/mol. The molecule has 0 fully saturated rings. The number of hydrogen-bond acceptors (Lipinski definition) is 4. The standard InChI is InChI=1S/C14H16N2O4/c1-3-4-12(17)15-14(19)16-11-6-5-10(20-2)7-9(11)8-13(16)18/h5-7H,3-4,8H2,1-2H3,(H,15,17,19). The van der Waals surface area contributed by atoms with Crippen LogP contribution in [0.15, 0.2) is 18.2 Å². The van der Waals surface area contributed by atoms with Crippen molar-refractivity contribution in [1.82, 2.24) is 5.32 Å². The summed E-state index contributed by atoms with van der Waals surface area (Å²) in [6.45, 7) is 1.84. The molecule has 1 heterocycles. The number of nitrogens with one attached hydrogen (secondary N) is 1. The maximum Gasteiger partial charge on any atom is 0.335 e. The van der Waals surface area contributed by atoms with Crippen LogP contribution in [0.1, 0.15) is 25.3 Å². The molecule has 1 aromatic rings. The summed E-state index contributed by atoms with van der Waals surface area (Å²) < 4.78 is 5.08. The van der Waals surface area contributed by atoms with Crippen molar-refractivity contribution in [2.45, 2.75) is 26.2 Å². The molecule has 0 spiro atoms. The molecule has 1 N–H and O–H groups in total. The van der Waals surface area contributed by atoms with Crippen LogP contribution in [0.5, 0.6) is 5.75 Å². The first kappa shape index (κ1) is 14.0. The molecule has 0 radical (unpaired) electrons. The number of benzene rings is 1. The van der Waals surface area contributed by atoms with Gasteiger partial charge in [-0.3, -0.25) is 14.9 Å². The number of anilines is 1. The molecule has 106 valence electrons. The van der Waals surface area contributed by atoms with Crippen molar-refractivity contribution in [3.05, 3.63) is 23.8 Å². The van der Waals surface area contributed by atoms with Crippen molar-refractivity contribution < 1.29 is 19.1 Å². The van der Waals surface area contributed by atoms with Crippen molar-refractivity contribution in [2.75, 3.05) is 12.0 Å². The number of nitrogens with zero attached hydrogens (tertiary/aromatic N) is 1. The van der Waals surface area contributed by atoms with Gasteiger partial charge in [0.25, 0.3) is 0 Å². The fraction of sp³-hybridized carbons (Fsp3) is 0.357. The fourth-order valence-corrected chi connectivity index (χ4v) is 2.11.